The normalized spacial score (nSPS) is 15.7. The first kappa shape index (κ1) is 19.8. The zero-order valence-corrected chi connectivity index (χ0v) is 17.5. The third kappa shape index (κ3) is 3.73. The van der Waals surface area contributed by atoms with Crippen LogP contribution in [0.1, 0.15) is 15.9 Å². The summed E-state index contributed by atoms with van der Waals surface area (Å²) >= 11 is 6.15. The minimum atomic E-state index is -0.510. The third-order valence-corrected chi connectivity index (χ3v) is 5.83. The number of amides is 1. The fourth-order valence-corrected chi connectivity index (χ4v) is 4.31. The maximum absolute atomic E-state index is 14.9. The molecule has 31 heavy (non-hydrogen) atoms. The van der Waals surface area contributed by atoms with Crippen LogP contribution in [0, 0.1) is 5.82 Å². The molecule has 0 spiro atoms. The second-order valence-corrected chi connectivity index (χ2v) is 8.04. The van der Waals surface area contributed by atoms with Gasteiger partial charge in [-0.3, -0.25) is 4.79 Å². The van der Waals surface area contributed by atoms with E-state index in [1.165, 1.54) is 6.07 Å². The van der Waals surface area contributed by atoms with E-state index in [1.54, 1.807) is 35.2 Å². The third-order valence-electron chi connectivity index (χ3n) is 5.60. The first-order valence-electron chi connectivity index (χ1n) is 10.2. The highest BCUT2D eigenvalue weighted by Crippen LogP contribution is 2.45. The van der Waals surface area contributed by atoms with Crippen LogP contribution >= 0.6 is 11.6 Å². The molecule has 0 aliphatic carbocycles. The van der Waals surface area contributed by atoms with E-state index in [0.29, 0.717) is 22.0 Å². The number of anilines is 2. The van der Waals surface area contributed by atoms with Crippen LogP contribution < -0.4 is 19.9 Å². The van der Waals surface area contributed by atoms with Gasteiger partial charge in [0.15, 0.2) is 17.3 Å². The lowest BCUT2D eigenvalue weighted by molar-refractivity contribution is 0.0985. The molecule has 1 fully saturated rings. The Kier molecular flexibility index (Phi) is 5.26. The smallest absolute Gasteiger partial charge is 0.262 e. The first-order valence-corrected chi connectivity index (χ1v) is 10.6. The zero-order chi connectivity index (χ0) is 21.4. The average molecular weight is 438 g/mol. The Hall–Kier alpha value is -3.09. The fraction of sp³-hybridized carbons (Fsp3) is 0.208. The van der Waals surface area contributed by atoms with E-state index in [2.05, 4.69) is 10.2 Å². The van der Waals surface area contributed by atoms with Gasteiger partial charge in [0.05, 0.1) is 23.5 Å². The minimum Gasteiger partial charge on any atom is -0.449 e. The Labute approximate surface area is 185 Å². The van der Waals surface area contributed by atoms with E-state index in [1.807, 2.05) is 24.3 Å². The predicted molar refractivity (Wildman–Crippen MR) is 120 cm³/mol. The summed E-state index contributed by atoms with van der Waals surface area (Å²) in [6.07, 6.45) is 0. The Morgan fingerprint density at radius 1 is 0.968 bits per heavy atom. The van der Waals surface area contributed by atoms with Gasteiger partial charge in [0.25, 0.3) is 5.91 Å². The van der Waals surface area contributed by atoms with Crippen LogP contribution in [0.4, 0.5) is 15.8 Å². The van der Waals surface area contributed by atoms with Crippen molar-refractivity contribution >= 4 is 28.9 Å². The molecule has 0 bridgehead atoms. The molecule has 2 heterocycles. The molecule has 0 unspecified atom stereocenters. The molecule has 1 saturated heterocycles. The van der Waals surface area contributed by atoms with Gasteiger partial charge in [-0.1, -0.05) is 35.9 Å². The van der Waals surface area contributed by atoms with Crippen LogP contribution in [0.2, 0.25) is 5.02 Å². The largest absolute Gasteiger partial charge is 0.449 e. The van der Waals surface area contributed by atoms with Gasteiger partial charge >= 0.3 is 0 Å². The van der Waals surface area contributed by atoms with Crippen LogP contribution in [0.25, 0.3) is 0 Å². The van der Waals surface area contributed by atoms with Gasteiger partial charge in [0.1, 0.15) is 0 Å². The molecule has 158 valence electrons. The van der Waals surface area contributed by atoms with Crippen molar-refractivity contribution in [3.8, 4) is 11.5 Å². The molecule has 2 aliphatic rings. The van der Waals surface area contributed by atoms with Gasteiger partial charge < -0.3 is 19.9 Å². The number of halogens is 2. The van der Waals surface area contributed by atoms with E-state index in [-0.39, 0.29) is 18.2 Å². The molecule has 5 nitrogen and oxygen atoms in total. The molecule has 0 atom stereocenters. The SMILES string of the molecule is O=C1c2cccc(N3CCNCC3)c2Oc2c(F)cccc2N1Cc1cccc(Cl)c1. The van der Waals surface area contributed by atoms with Gasteiger partial charge in [0.2, 0.25) is 0 Å². The summed E-state index contributed by atoms with van der Waals surface area (Å²) < 4.78 is 21.1. The lowest BCUT2D eigenvalue weighted by Gasteiger charge is -2.31. The molecule has 0 aromatic heterocycles. The van der Waals surface area contributed by atoms with Crippen molar-refractivity contribution in [3.05, 3.63) is 82.6 Å². The van der Waals surface area contributed by atoms with Crippen LogP contribution in [0.5, 0.6) is 11.5 Å². The molecular weight excluding hydrogens is 417 g/mol. The maximum Gasteiger partial charge on any atom is 0.262 e. The number of rotatable bonds is 3. The number of nitrogens with one attached hydrogen (secondary N) is 1. The molecule has 5 rings (SSSR count). The molecule has 7 heteroatoms. The summed E-state index contributed by atoms with van der Waals surface area (Å²) in [4.78, 5) is 17.4. The summed E-state index contributed by atoms with van der Waals surface area (Å²) in [5.74, 6) is -0.297. The van der Waals surface area contributed by atoms with Gasteiger partial charge in [0, 0.05) is 31.2 Å². The van der Waals surface area contributed by atoms with E-state index >= 15 is 0 Å². The van der Waals surface area contributed by atoms with Crippen LogP contribution in [0.3, 0.4) is 0 Å². The van der Waals surface area contributed by atoms with Crippen molar-refractivity contribution in [2.24, 2.45) is 0 Å². The standard InChI is InChI=1S/C24H21ClFN3O2/c25-17-5-1-4-16(14-17)15-29-21-9-3-7-19(26)23(21)31-22-18(24(29)30)6-2-8-20(22)28-12-10-27-11-13-28/h1-9,14,27H,10-13,15H2. The Morgan fingerprint density at radius 2 is 1.71 bits per heavy atom. The van der Waals surface area contributed by atoms with Crippen LogP contribution in [-0.4, -0.2) is 32.1 Å². The Morgan fingerprint density at radius 3 is 2.52 bits per heavy atom. The van der Waals surface area contributed by atoms with Gasteiger partial charge in [-0.05, 0) is 42.0 Å². The van der Waals surface area contributed by atoms with Crippen molar-refractivity contribution in [2.45, 2.75) is 6.54 Å². The zero-order valence-electron chi connectivity index (χ0n) is 16.8. The summed E-state index contributed by atoms with van der Waals surface area (Å²) in [7, 11) is 0. The monoisotopic (exact) mass is 437 g/mol. The molecule has 3 aromatic rings. The average Bonchev–Trinajstić information content (AvgIpc) is 2.90. The molecule has 1 amide bonds. The minimum absolute atomic E-state index is 0.0548. The summed E-state index contributed by atoms with van der Waals surface area (Å²) in [6.45, 7) is 3.48. The maximum atomic E-state index is 14.9. The highest BCUT2D eigenvalue weighted by atomic mass is 35.5. The lowest BCUT2D eigenvalue weighted by Crippen LogP contribution is -2.43. The number of benzene rings is 3. The topological polar surface area (TPSA) is 44.8 Å². The lowest BCUT2D eigenvalue weighted by atomic mass is 10.1. The number of para-hydroxylation sites is 2. The molecule has 0 radical (unpaired) electrons. The van der Waals surface area contributed by atoms with Crippen molar-refractivity contribution in [2.75, 3.05) is 36.0 Å². The number of fused-ring (bicyclic) bond motifs is 2. The highest BCUT2D eigenvalue weighted by molar-refractivity contribution is 6.30. The molecule has 2 aliphatic heterocycles. The highest BCUT2D eigenvalue weighted by Gasteiger charge is 2.32. The number of ether oxygens (including phenoxy) is 1. The summed E-state index contributed by atoms with van der Waals surface area (Å²) in [5, 5.41) is 3.90. The second-order valence-electron chi connectivity index (χ2n) is 7.60. The molecule has 3 aromatic carbocycles. The van der Waals surface area contributed by atoms with E-state index in [4.69, 9.17) is 16.3 Å². The number of hydrogen-bond acceptors (Lipinski definition) is 4. The van der Waals surface area contributed by atoms with E-state index in [9.17, 15) is 9.18 Å². The number of hydrogen-bond donors (Lipinski definition) is 1. The molecule has 1 N–H and O–H groups in total. The number of carbonyl (C=O) groups is 1. The first-order chi connectivity index (χ1) is 15.1. The number of nitrogens with zero attached hydrogens (tertiary/aromatic N) is 2. The molecule has 0 saturated carbocycles. The van der Waals surface area contributed by atoms with E-state index < -0.39 is 5.82 Å². The van der Waals surface area contributed by atoms with Crippen LogP contribution in [0.15, 0.2) is 60.7 Å². The quantitative estimate of drug-likeness (QED) is 0.636. The van der Waals surface area contributed by atoms with Gasteiger partial charge in [-0.15, -0.1) is 0 Å². The summed E-state index contributed by atoms with van der Waals surface area (Å²) in [6, 6.07) is 17.4. The van der Waals surface area contributed by atoms with Gasteiger partial charge in [-0.25, -0.2) is 4.39 Å². The Balaban J connectivity index is 1.64. The van der Waals surface area contributed by atoms with Crippen molar-refractivity contribution in [1.82, 2.24) is 5.32 Å². The fourth-order valence-electron chi connectivity index (χ4n) is 4.10. The van der Waals surface area contributed by atoms with Crippen LogP contribution in [-0.2, 0) is 6.54 Å². The van der Waals surface area contributed by atoms with Crippen molar-refractivity contribution in [1.29, 1.82) is 0 Å². The van der Waals surface area contributed by atoms with Crippen molar-refractivity contribution in [3.63, 3.8) is 0 Å². The number of piperazine rings is 1. The number of carbonyl (C=O) groups excluding carboxylic acids is 1. The van der Waals surface area contributed by atoms with Crippen molar-refractivity contribution < 1.29 is 13.9 Å². The Bertz CT molecular complexity index is 1150. The molecular formula is C24H21ClFN3O2. The summed E-state index contributed by atoms with van der Waals surface area (Å²) in [5.41, 5.74) is 2.45. The predicted octanol–water partition coefficient (Wildman–Crippen LogP) is 4.84. The van der Waals surface area contributed by atoms with Gasteiger partial charge in [-0.2, -0.15) is 0 Å². The van der Waals surface area contributed by atoms with E-state index in [0.717, 1.165) is 37.4 Å². The second kappa shape index (κ2) is 8.21.